The van der Waals surface area contributed by atoms with Crippen molar-refractivity contribution in [2.24, 2.45) is 7.05 Å². The Balaban J connectivity index is 2.11. The van der Waals surface area contributed by atoms with Crippen molar-refractivity contribution in [3.63, 3.8) is 0 Å². The first kappa shape index (κ1) is 15.1. The van der Waals surface area contributed by atoms with Gasteiger partial charge in [0.15, 0.2) is 0 Å². The third-order valence-corrected chi connectivity index (χ3v) is 3.34. The van der Waals surface area contributed by atoms with Crippen molar-refractivity contribution in [3.05, 3.63) is 46.8 Å². The monoisotopic (exact) mass is 288 g/mol. The van der Waals surface area contributed by atoms with Crippen LogP contribution in [-0.2, 0) is 24.9 Å². The maximum atomic E-state index is 12.3. The molecule has 2 rings (SSSR count). The van der Waals surface area contributed by atoms with E-state index in [0.717, 1.165) is 11.1 Å². The van der Waals surface area contributed by atoms with Gasteiger partial charge in [0, 0.05) is 20.7 Å². The summed E-state index contributed by atoms with van der Waals surface area (Å²) in [5, 5.41) is 7.02. The first-order valence-corrected chi connectivity index (χ1v) is 6.67. The Morgan fingerprint density at radius 1 is 1.38 bits per heavy atom. The first-order chi connectivity index (χ1) is 10.0. The summed E-state index contributed by atoms with van der Waals surface area (Å²) in [6.07, 6.45) is 0. The second-order valence-electron chi connectivity index (χ2n) is 4.86. The highest BCUT2D eigenvalue weighted by Crippen LogP contribution is 2.15. The molecule has 0 atom stereocenters. The molecule has 0 radical (unpaired) electrons. The summed E-state index contributed by atoms with van der Waals surface area (Å²) in [5.41, 5.74) is 9.41. The number of hydrogen-bond donors (Lipinski definition) is 2. The van der Waals surface area contributed by atoms with Gasteiger partial charge in [-0.05, 0) is 18.1 Å². The number of carbonyl (C=O) groups excluding carboxylic acids is 1. The number of amides is 1. The number of nitrogens with zero attached hydrogens (tertiary/aromatic N) is 2. The number of ether oxygens (including phenoxy) is 1. The molecule has 0 bridgehead atoms. The van der Waals surface area contributed by atoms with Crippen LogP contribution in [0.1, 0.15) is 27.3 Å². The fourth-order valence-corrected chi connectivity index (χ4v) is 2.23. The molecule has 112 valence electrons. The molecule has 0 aliphatic rings. The zero-order valence-electron chi connectivity index (χ0n) is 12.5. The molecule has 6 heteroatoms. The second kappa shape index (κ2) is 6.41. The first-order valence-electron chi connectivity index (χ1n) is 6.67. The summed E-state index contributed by atoms with van der Waals surface area (Å²) >= 11 is 0. The van der Waals surface area contributed by atoms with Crippen molar-refractivity contribution >= 4 is 11.6 Å². The lowest BCUT2D eigenvalue weighted by Crippen LogP contribution is -2.26. The van der Waals surface area contributed by atoms with Gasteiger partial charge in [0.05, 0.1) is 18.0 Å². The molecule has 1 aromatic heterocycles. The maximum absolute atomic E-state index is 12.3. The van der Waals surface area contributed by atoms with E-state index in [9.17, 15) is 4.79 Å². The minimum absolute atomic E-state index is 0.234. The minimum Gasteiger partial charge on any atom is -0.395 e. The lowest BCUT2D eigenvalue weighted by molar-refractivity contribution is 0.0942. The molecule has 0 saturated carbocycles. The smallest absolute Gasteiger partial charge is 0.271 e. The van der Waals surface area contributed by atoms with Crippen LogP contribution >= 0.6 is 0 Å². The number of nitrogen functional groups attached to an aromatic ring is 1. The highest BCUT2D eigenvalue weighted by Gasteiger charge is 2.17. The Hall–Kier alpha value is -2.34. The summed E-state index contributed by atoms with van der Waals surface area (Å²) in [6, 6.07) is 7.82. The lowest BCUT2D eigenvalue weighted by Gasteiger charge is -2.10. The molecule has 2 aromatic rings. The van der Waals surface area contributed by atoms with Crippen molar-refractivity contribution in [1.29, 1.82) is 0 Å². The molecule has 0 spiro atoms. The topological polar surface area (TPSA) is 82.2 Å². The predicted octanol–water partition coefficient (Wildman–Crippen LogP) is 1.39. The predicted molar refractivity (Wildman–Crippen MR) is 80.7 cm³/mol. The van der Waals surface area contributed by atoms with E-state index in [1.165, 1.54) is 4.68 Å². The molecule has 1 heterocycles. The molecule has 3 N–H and O–H groups in total. The van der Waals surface area contributed by atoms with E-state index in [1.807, 2.05) is 24.3 Å². The van der Waals surface area contributed by atoms with E-state index in [4.69, 9.17) is 10.5 Å². The Morgan fingerprint density at radius 2 is 2.05 bits per heavy atom. The number of nitrogens with one attached hydrogen (secondary N) is 1. The Kier molecular flexibility index (Phi) is 4.59. The molecule has 0 fully saturated rings. The number of anilines is 1. The van der Waals surface area contributed by atoms with Crippen molar-refractivity contribution in [2.45, 2.75) is 20.1 Å². The third-order valence-electron chi connectivity index (χ3n) is 3.34. The van der Waals surface area contributed by atoms with Crippen LogP contribution in [0.5, 0.6) is 0 Å². The number of nitrogens with two attached hydrogens (primary N) is 1. The average molecular weight is 288 g/mol. The fourth-order valence-electron chi connectivity index (χ4n) is 2.23. The van der Waals surface area contributed by atoms with Gasteiger partial charge in [-0.25, -0.2) is 0 Å². The quantitative estimate of drug-likeness (QED) is 0.871. The molecular weight excluding hydrogens is 268 g/mol. The number of hydrogen-bond acceptors (Lipinski definition) is 4. The zero-order valence-corrected chi connectivity index (χ0v) is 12.5. The van der Waals surface area contributed by atoms with E-state index in [1.54, 1.807) is 21.1 Å². The number of aryl methyl sites for hydroxylation is 2. The number of methoxy groups -OCH3 is 1. The van der Waals surface area contributed by atoms with E-state index < -0.39 is 0 Å². The zero-order chi connectivity index (χ0) is 15.4. The van der Waals surface area contributed by atoms with Crippen LogP contribution in [0.3, 0.4) is 0 Å². The van der Waals surface area contributed by atoms with Crippen LogP contribution in [0.15, 0.2) is 24.3 Å². The van der Waals surface area contributed by atoms with Crippen molar-refractivity contribution in [3.8, 4) is 0 Å². The van der Waals surface area contributed by atoms with Crippen LogP contribution in [0.25, 0.3) is 0 Å². The summed E-state index contributed by atoms with van der Waals surface area (Å²) < 4.78 is 6.66. The molecule has 21 heavy (non-hydrogen) atoms. The van der Waals surface area contributed by atoms with E-state index in [2.05, 4.69) is 10.4 Å². The SMILES string of the molecule is COCc1ccccc1CNC(=O)c1c(N)c(C)nn1C. The molecule has 1 amide bonds. The summed E-state index contributed by atoms with van der Waals surface area (Å²) in [5.74, 6) is -0.234. The number of benzene rings is 1. The van der Waals surface area contributed by atoms with E-state index in [-0.39, 0.29) is 5.91 Å². The minimum atomic E-state index is -0.234. The molecular formula is C15H20N4O2. The Labute approximate surface area is 123 Å². The van der Waals surface area contributed by atoms with Crippen molar-refractivity contribution in [1.82, 2.24) is 15.1 Å². The van der Waals surface area contributed by atoms with Gasteiger partial charge in [-0.2, -0.15) is 5.10 Å². The van der Waals surface area contributed by atoms with Gasteiger partial charge in [-0.15, -0.1) is 0 Å². The van der Waals surface area contributed by atoms with Crippen molar-refractivity contribution < 1.29 is 9.53 Å². The number of rotatable bonds is 5. The van der Waals surface area contributed by atoms with E-state index >= 15 is 0 Å². The van der Waals surface area contributed by atoms with Crippen molar-refractivity contribution in [2.75, 3.05) is 12.8 Å². The fraction of sp³-hybridized carbons (Fsp3) is 0.333. The van der Waals surface area contributed by atoms with Gasteiger partial charge in [0.1, 0.15) is 5.69 Å². The molecule has 1 aromatic carbocycles. The summed E-state index contributed by atoms with van der Waals surface area (Å²) in [4.78, 5) is 12.3. The molecule has 0 unspecified atom stereocenters. The van der Waals surface area contributed by atoms with Gasteiger partial charge in [-0.3, -0.25) is 9.48 Å². The maximum Gasteiger partial charge on any atom is 0.271 e. The highest BCUT2D eigenvalue weighted by molar-refractivity contribution is 5.97. The molecule has 0 aliphatic carbocycles. The van der Waals surface area contributed by atoms with E-state index in [0.29, 0.717) is 30.2 Å². The average Bonchev–Trinajstić information content (AvgIpc) is 2.71. The standard InChI is InChI=1S/C15H20N4O2/c1-10-13(16)14(19(2)18-10)15(20)17-8-11-6-4-5-7-12(11)9-21-3/h4-7H,8-9,16H2,1-3H3,(H,17,20). The summed E-state index contributed by atoms with van der Waals surface area (Å²) in [7, 11) is 3.35. The van der Waals surface area contributed by atoms with Crippen LogP contribution in [-0.4, -0.2) is 22.8 Å². The molecule has 0 aliphatic heterocycles. The van der Waals surface area contributed by atoms with Gasteiger partial charge < -0.3 is 15.8 Å². The highest BCUT2D eigenvalue weighted by atomic mass is 16.5. The molecule has 0 saturated heterocycles. The van der Waals surface area contributed by atoms with Crippen LogP contribution < -0.4 is 11.1 Å². The summed E-state index contributed by atoms with van der Waals surface area (Å²) in [6.45, 7) is 2.71. The van der Waals surface area contributed by atoms with Gasteiger partial charge in [0.25, 0.3) is 5.91 Å². The van der Waals surface area contributed by atoms with Gasteiger partial charge in [-0.1, -0.05) is 24.3 Å². The number of aromatic nitrogens is 2. The normalized spacial score (nSPS) is 10.6. The van der Waals surface area contributed by atoms with Crippen LogP contribution in [0, 0.1) is 6.92 Å². The lowest BCUT2D eigenvalue weighted by atomic mass is 10.1. The Bertz CT molecular complexity index is 649. The van der Waals surface area contributed by atoms with Gasteiger partial charge >= 0.3 is 0 Å². The van der Waals surface area contributed by atoms with Gasteiger partial charge in [0.2, 0.25) is 0 Å². The second-order valence-corrected chi connectivity index (χ2v) is 4.86. The van der Waals surface area contributed by atoms with Crippen LogP contribution in [0.2, 0.25) is 0 Å². The Morgan fingerprint density at radius 3 is 2.62 bits per heavy atom. The largest absolute Gasteiger partial charge is 0.395 e. The molecule has 6 nitrogen and oxygen atoms in total. The third kappa shape index (κ3) is 3.22. The van der Waals surface area contributed by atoms with Crippen LogP contribution in [0.4, 0.5) is 5.69 Å². The number of carbonyl (C=O) groups is 1.